The summed E-state index contributed by atoms with van der Waals surface area (Å²) >= 11 is 1.83. The highest BCUT2D eigenvalue weighted by atomic mass is 32.2. The number of nitrogens with one attached hydrogen (secondary N) is 2. The van der Waals surface area contributed by atoms with E-state index in [4.69, 9.17) is 4.74 Å². The van der Waals surface area contributed by atoms with Gasteiger partial charge in [0.25, 0.3) is 0 Å². The molecule has 3 rings (SSSR count). The van der Waals surface area contributed by atoms with Crippen molar-refractivity contribution in [1.82, 2.24) is 11.0 Å². The molecule has 1 atom stereocenters. The zero-order valence-corrected chi connectivity index (χ0v) is 16.7. The first-order valence-corrected chi connectivity index (χ1v) is 9.95. The molecule has 1 aliphatic heterocycles. The first-order valence-electron chi connectivity index (χ1n) is 8.96. The van der Waals surface area contributed by atoms with Gasteiger partial charge in [0.15, 0.2) is 0 Å². The van der Waals surface area contributed by atoms with Crippen LogP contribution in [0.3, 0.4) is 0 Å². The van der Waals surface area contributed by atoms with Crippen LogP contribution in [0.4, 0.5) is 5.69 Å². The van der Waals surface area contributed by atoms with Gasteiger partial charge in [-0.05, 0) is 55.7 Å². The van der Waals surface area contributed by atoms with Gasteiger partial charge in [-0.1, -0.05) is 36.8 Å². The van der Waals surface area contributed by atoms with E-state index in [1.54, 1.807) is 7.11 Å². The van der Waals surface area contributed by atoms with E-state index >= 15 is 0 Å². The molecule has 4 nitrogen and oxygen atoms in total. The smallest absolute Gasteiger partial charge is 0.119 e. The van der Waals surface area contributed by atoms with Crippen molar-refractivity contribution in [3.63, 3.8) is 0 Å². The number of methoxy groups -OCH3 is 1. The highest BCUT2D eigenvalue weighted by molar-refractivity contribution is 8.02. The van der Waals surface area contributed by atoms with Crippen molar-refractivity contribution < 1.29 is 4.74 Å². The summed E-state index contributed by atoms with van der Waals surface area (Å²) in [6.45, 7) is 6.47. The molecule has 2 aromatic carbocycles. The molecule has 138 valence electrons. The monoisotopic (exact) mass is 369 g/mol. The number of hydrogen-bond donors (Lipinski definition) is 2. The van der Waals surface area contributed by atoms with Gasteiger partial charge in [-0.25, -0.2) is 5.43 Å². The topological polar surface area (TPSA) is 36.5 Å². The fourth-order valence-electron chi connectivity index (χ4n) is 2.98. The van der Waals surface area contributed by atoms with Crippen molar-refractivity contribution in [2.45, 2.75) is 39.0 Å². The average molecular weight is 370 g/mol. The third kappa shape index (κ3) is 4.41. The number of thioether (sulfide) groups is 1. The molecule has 0 amide bonds. The summed E-state index contributed by atoms with van der Waals surface area (Å²) in [6.07, 6.45) is 3.34. The van der Waals surface area contributed by atoms with E-state index in [0.29, 0.717) is 6.04 Å². The Bertz CT molecular complexity index is 791. The van der Waals surface area contributed by atoms with Crippen LogP contribution in [-0.2, 0) is 5.75 Å². The number of hydrogen-bond acceptors (Lipinski definition) is 5. The average Bonchev–Trinajstić information content (AvgIpc) is 2.66. The van der Waals surface area contributed by atoms with Crippen LogP contribution in [0.15, 0.2) is 53.6 Å². The number of aryl methyl sites for hydroxylation is 2. The number of benzene rings is 2. The molecule has 1 aliphatic rings. The van der Waals surface area contributed by atoms with E-state index in [1.165, 1.54) is 27.4 Å². The lowest BCUT2D eigenvalue weighted by Gasteiger charge is -2.35. The van der Waals surface area contributed by atoms with Gasteiger partial charge in [-0.15, -0.1) is 11.8 Å². The lowest BCUT2D eigenvalue weighted by Crippen LogP contribution is -2.54. The van der Waals surface area contributed by atoms with Crippen LogP contribution in [0.1, 0.15) is 30.0 Å². The number of nitrogens with zero attached hydrogens (tertiary/aromatic N) is 1. The maximum Gasteiger partial charge on any atom is 0.119 e. The summed E-state index contributed by atoms with van der Waals surface area (Å²) in [5.41, 5.74) is 11.7. The fraction of sp³-hybridized carbons (Fsp3) is 0.333. The molecule has 0 aliphatic carbocycles. The summed E-state index contributed by atoms with van der Waals surface area (Å²) in [5, 5.41) is 3.36. The minimum absolute atomic E-state index is 0.324. The van der Waals surface area contributed by atoms with Crippen LogP contribution in [0.2, 0.25) is 0 Å². The molecule has 2 aromatic rings. The Hall–Kier alpha value is -1.95. The first-order chi connectivity index (χ1) is 12.6. The molecule has 0 fully saturated rings. The van der Waals surface area contributed by atoms with E-state index in [9.17, 15) is 0 Å². The minimum Gasteiger partial charge on any atom is -0.497 e. The van der Waals surface area contributed by atoms with Crippen LogP contribution in [0.25, 0.3) is 0 Å². The fourth-order valence-corrected chi connectivity index (χ4v) is 4.01. The molecule has 0 saturated heterocycles. The molecule has 26 heavy (non-hydrogen) atoms. The maximum absolute atomic E-state index is 5.34. The largest absolute Gasteiger partial charge is 0.497 e. The normalized spacial score (nSPS) is 17.2. The Morgan fingerprint density at radius 3 is 2.73 bits per heavy atom. The SMILES string of the molecule is CCC1C=C(SCc2cccc(OC)c2)N(c2ccc(C)cc2C)NN1. The maximum atomic E-state index is 5.34. The van der Waals surface area contributed by atoms with Crippen molar-refractivity contribution >= 4 is 17.4 Å². The summed E-state index contributed by atoms with van der Waals surface area (Å²) in [6, 6.07) is 15.1. The first kappa shape index (κ1) is 18.8. The molecule has 0 radical (unpaired) electrons. The van der Waals surface area contributed by atoms with Crippen LogP contribution < -0.4 is 20.7 Å². The second-order valence-electron chi connectivity index (χ2n) is 6.54. The van der Waals surface area contributed by atoms with Crippen LogP contribution in [-0.4, -0.2) is 13.2 Å². The molecule has 0 spiro atoms. The summed E-state index contributed by atoms with van der Waals surface area (Å²) in [5.74, 6) is 1.79. The van der Waals surface area contributed by atoms with Gasteiger partial charge in [0.1, 0.15) is 5.75 Å². The highest BCUT2D eigenvalue weighted by Gasteiger charge is 2.21. The molecule has 1 unspecified atom stereocenters. The molecule has 0 aromatic heterocycles. The molecule has 1 heterocycles. The van der Waals surface area contributed by atoms with Gasteiger partial charge >= 0.3 is 0 Å². The standard InChI is InChI=1S/C21H27N3OS/c1-5-18-13-21(26-14-17-7-6-8-19(12-17)25-4)24(23-22-18)20-10-9-15(2)11-16(20)3/h6-13,18,22-23H,5,14H2,1-4H3. The quantitative estimate of drug-likeness (QED) is 0.772. The van der Waals surface area contributed by atoms with Crippen LogP contribution in [0, 0.1) is 13.8 Å². The van der Waals surface area contributed by atoms with E-state index in [1.807, 2.05) is 23.9 Å². The molecular weight excluding hydrogens is 342 g/mol. The van der Waals surface area contributed by atoms with Gasteiger partial charge < -0.3 is 4.74 Å². The number of rotatable bonds is 6. The lowest BCUT2D eigenvalue weighted by molar-refractivity contribution is 0.414. The lowest BCUT2D eigenvalue weighted by atomic mass is 10.1. The number of ether oxygens (including phenoxy) is 1. The minimum atomic E-state index is 0.324. The number of hydrazine groups is 2. The Kier molecular flexibility index (Phi) is 6.25. The zero-order valence-electron chi connectivity index (χ0n) is 15.9. The van der Waals surface area contributed by atoms with E-state index in [2.05, 4.69) is 73.1 Å². The van der Waals surface area contributed by atoms with Crippen molar-refractivity contribution in [3.8, 4) is 5.75 Å². The molecule has 0 saturated carbocycles. The van der Waals surface area contributed by atoms with Gasteiger partial charge in [-0.3, -0.25) is 5.01 Å². The Morgan fingerprint density at radius 1 is 1.15 bits per heavy atom. The zero-order chi connectivity index (χ0) is 18.5. The van der Waals surface area contributed by atoms with Crippen molar-refractivity contribution in [1.29, 1.82) is 0 Å². The van der Waals surface area contributed by atoms with E-state index < -0.39 is 0 Å². The van der Waals surface area contributed by atoms with Crippen molar-refractivity contribution in [3.05, 3.63) is 70.3 Å². The molecule has 0 bridgehead atoms. The molecule has 5 heteroatoms. The predicted octanol–water partition coefficient (Wildman–Crippen LogP) is 4.69. The summed E-state index contributed by atoms with van der Waals surface area (Å²) in [4.78, 5) is 0. The van der Waals surface area contributed by atoms with Crippen LogP contribution >= 0.6 is 11.8 Å². The summed E-state index contributed by atoms with van der Waals surface area (Å²) < 4.78 is 5.34. The van der Waals surface area contributed by atoms with Crippen molar-refractivity contribution in [2.75, 3.05) is 12.1 Å². The second kappa shape index (κ2) is 8.62. The van der Waals surface area contributed by atoms with E-state index in [-0.39, 0.29) is 0 Å². The van der Waals surface area contributed by atoms with Gasteiger partial charge in [0, 0.05) is 11.8 Å². The van der Waals surface area contributed by atoms with Gasteiger partial charge in [0.2, 0.25) is 0 Å². The predicted molar refractivity (Wildman–Crippen MR) is 111 cm³/mol. The van der Waals surface area contributed by atoms with Crippen molar-refractivity contribution in [2.24, 2.45) is 0 Å². The van der Waals surface area contributed by atoms with Gasteiger partial charge in [-0.2, -0.15) is 5.53 Å². The number of anilines is 1. The molecular formula is C21H27N3OS. The Morgan fingerprint density at radius 2 is 2.00 bits per heavy atom. The van der Waals surface area contributed by atoms with E-state index in [0.717, 1.165) is 17.9 Å². The second-order valence-corrected chi connectivity index (χ2v) is 7.54. The van der Waals surface area contributed by atoms with Crippen LogP contribution in [0.5, 0.6) is 5.75 Å². The molecule has 2 N–H and O–H groups in total. The Labute approximate surface area is 160 Å². The third-order valence-electron chi connectivity index (χ3n) is 4.48. The highest BCUT2D eigenvalue weighted by Crippen LogP contribution is 2.32. The summed E-state index contributed by atoms with van der Waals surface area (Å²) in [7, 11) is 1.71. The Balaban J connectivity index is 1.82. The third-order valence-corrected chi connectivity index (χ3v) is 5.57. The van der Waals surface area contributed by atoms with Gasteiger partial charge in [0.05, 0.1) is 17.8 Å².